The summed E-state index contributed by atoms with van der Waals surface area (Å²) in [7, 11) is 0. The zero-order valence-electron chi connectivity index (χ0n) is 21.5. The number of fused-ring (bicyclic) bond motifs is 2. The molecule has 2 saturated heterocycles. The van der Waals surface area contributed by atoms with Crippen LogP contribution in [0.4, 0.5) is 5.69 Å². The minimum Gasteiger partial charge on any atom is -0.394 e. The largest absolute Gasteiger partial charge is 0.394 e. The Hall–Kier alpha value is -2.68. The van der Waals surface area contributed by atoms with E-state index in [0.29, 0.717) is 30.2 Å². The highest BCUT2D eigenvalue weighted by Gasteiger charge is 2.75. The van der Waals surface area contributed by atoms with Crippen LogP contribution in [0.1, 0.15) is 33.6 Å². The van der Waals surface area contributed by atoms with Gasteiger partial charge in [-0.2, -0.15) is 0 Å². The highest BCUT2D eigenvalue weighted by molar-refractivity contribution is 6.34. The molecule has 2 fully saturated rings. The Balaban J connectivity index is 1.69. The number of hydrogen-bond donors (Lipinski definition) is 1. The third-order valence-electron chi connectivity index (χ3n) is 8.34. The number of benzene rings is 1. The van der Waals surface area contributed by atoms with E-state index >= 15 is 0 Å². The lowest BCUT2D eigenvalue weighted by atomic mass is 9.73. The van der Waals surface area contributed by atoms with Crippen molar-refractivity contribution in [3.8, 4) is 0 Å². The molecule has 3 amide bonds. The van der Waals surface area contributed by atoms with Gasteiger partial charge in [0.25, 0.3) is 5.91 Å². The topological polar surface area (TPSA) is 90.4 Å². The number of anilines is 1. The summed E-state index contributed by atoms with van der Waals surface area (Å²) in [5.74, 6) is -2.50. The standard InChI is InChI=1S/C28H34ClN3O5/c1-4-14-30-15-8-12-27(5-2)21(24(30)34)22-25(35)32(18(3)17-33)23-26(36)31(16-9-13-28(22,23)37-27)20-11-7-6-10-19(20)29/h6-13,18,21-23,33H,4-5,14-17H2,1-3H3/t18-,21+,22+,23?,27-,28+/m1/s1. The van der Waals surface area contributed by atoms with Crippen molar-refractivity contribution >= 4 is 35.0 Å². The maximum absolute atomic E-state index is 14.4. The van der Waals surface area contributed by atoms with E-state index in [1.807, 2.05) is 38.2 Å². The minimum absolute atomic E-state index is 0.130. The van der Waals surface area contributed by atoms with Crippen LogP contribution < -0.4 is 4.90 Å². The van der Waals surface area contributed by atoms with Gasteiger partial charge < -0.3 is 24.5 Å². The van der Waals surface area contributed by atoms with Gasteiger partial charge in [-0.15, -0.1) is 0 Å². The molecule has 4 aliphatic rings. The number of halogens is 1. The van der Waals surface area contributed by atoms with Crippen LogP contribution in [0.2, 0.25) is 5.02 Å². The Morgan fingerprint density at radius 2 is 1.78 bits per heavy atom. The highest BCUT2D eigenvalue weighted by Crippen LogP contribution is 2.59. The van der Waals surface area contributed by atoms with Gasteiger partial charge in [0.15, 0.2) is 0 Å². The van der Waals surface area contributed by atoms with Gasteiger partial charge in [-0.3, -0.25) is 14.4 Å². The van der Waals surface area contributed by atoms with Crippen molar-refractivity contribution in [3.05, 3.63) is 53.6 Å². The first kappa shape index (κ1) is 25.9. The molecular formula is C28H34ClN3O5. The number of likely N-dealkylation sites (tertiary alicyclic amines) is 1. The van der Waals surface area contributed by atoms with Crippen molar-refractivity contribution in [1.82, 2.24) is 9.80 Å². The van der Waals surface area contributed by atoms with Gasteiger partial charge in [-0.25, -0.2) is 0 Å². The lowest BCUT2D eigenvalue weighted by molar-refractivity contribution is -0.152. The van der Waals surface area contributed by atoms with Crippen LogP contribution in [-0.4, -0.2) is 82.2 Å². The lowest BCUT2D eigenvalue weighted by Crippen LogP contribution is -2.58. The third-order valence-corrected chi connectivity index (χ3v) is 8.66. The number of carbonyl (C=O) groups is 3. The van der Waals surface area contributed by atoms with E-state index in [4.69, 9.17) is 16.3 Å². The summed E-state index contributed by atoms with van der Waals surface area (Å²) in [5.41, 5.74) is -1.84. The molecule has 198 valence electrons. The van der Waals surface area contributed by atoms with Crippen molar-refractivity contribution in [3.63, 3.8) is 0 Å². The number of hydrogen-bond acceptors (Lipinski definition) is 5. The summed E-state index contributed by atoms with van der Waals surface area (Å²) in [6, 6.07) is 5.37. The summed E-state index contributed by atoms with van der Waals surface area (Å²) in [6.07, 6.45) is 8.79. The van der Waals surface area contributed by atoms with Crippen LogP contribution >= 0.6 is 11.6 Å². The fourth-order valence-corrected chi connectivity index (χ4v) is 6.91. The molecule has 0 bridgehead atoms. The molecule has 6 atom stereocenters. The second-order valence-electron chi connectivity index (χ2n) is 10.4. The summed E-state index contributed by atoms with van der Waals surface area (Å²) in [6.45, 7) is 6.61. The molecule has 1 N–H and O–H groups in total. The molecule has 0 radical (unpaired) electrons. The first-order valence-electron chi connectivity index (χ1n) is 13.1. The number of nitrogens with zero attached hydrogens (tertiary/aromatic N) is 3. The molecule has 0 aliphatic carbocycles. The van der Waals surface area contributed by atoms with E-state index < -0.39 is 35.1 Å². The van der Waals surface area contributed by atoms with Gasteiger partial charge in [-0.05, 0) is 31.9 Å². The molecule has 1 unspecified atom stereocenters. The SMILES string of the molecule is CCCN1CC=C[C@@]2(CC)O[C@]34C=CCN(c5ccccc5Cl)C(=O)C3N([C@H](C)CO)C(=O)[C@@H]4[C@H]2C1=O. The molecule has 8 nitrogen and oxygen atoms in total. The van der Waals surface area contributed by atoms with E-state index in [0.717, 1.165) is 6.42 Å². The van der Waals surface area contributed by atoms with E-state index in [1.165, 1.54) is 4.90 Å². The molecule has 37 heavy (non-hydrogen) atoms. The van der Waals surface area contributed by atoms with Crippen molar-refractivity contribution < 1.29 is 24.2 Å². The maximum atomic E-state index is 14.4. The fraction of sp³-hybridized carbons (Fsp3) is 0.536. The normalized spacial score (nSPS) is 33.8. The number of aliphatic hydroxyl groups excluding tert-OH is 1. The molecule has 0 saturated carbocycles. The van der Waals surface area contributed by atoms with E-state index in [2.05, 4.69) is 0 Å². The van der Waals surface area contributed by atoms with Crippen molar-refractivity contribution in [2.45, 2.75) is 56.9 Å². The molecule has 9 heteroatoms. The smallest absolute Gasteiger partial charge is 0.253 e. The average molecular weight is 528 g/mol. The Labute approximate surface area is 222 Å². The lowest BCUT2D eigenvalue weighted by Gasteiger charge is -2.40. The molecule has 5 rings (SSSR count). The van der Waals surface area contributed by atoms with Gasteiger partial charge in [0.1, 0.15) is 11.6 Å². The number of aliphatic hydroxyl groups is 1. The van der Waals surface area contributed by atoms with Gasteiger partial charge in [0.2, 0.25) is 11.8 Å². The van der Waals surface area contributed by atoms with Crippen LogP contribution in [0.15, 0.2) is 48.6 Å². The van der Waals surface area contributed by atoms with E-state index in [-0.39, 0.29) is 30.9 Å². The molecule has 1 aromatic carbocycles. The first-order valence-corrected chi connectivity index (χ1v) is 13.5. The van der Waals surface area contributed by atoms with Crippen LogP contribution in [0.3, 0.4) is 0 Å². The van der Waals surface area contributed by atoms with Crippen LogP contribution in [0.5, 0.6) is 0 Å². The highest BCUT2D eigenvalue weighted by atomic mass is 35.5. The molecule has 4 aliphatic heterocycles. The van der Waals surface area contributed by atoms with Crippen molar-refractivity contribution in [2.75, 3.05) is 31.1 Å². The quantitative estimate of drug-likeness (QED) is 0.575. The van der Waals surface area contributed by atoms with E-state index in [1.54, 1.807) is 41.0 Å². The Morgan fingerprint density at radius 1 is 1.05 bits per heavy atom. The summed E-state index contributed by atoms with van der Waals surface area (Å²) >= 11 is 6.48. The molecular weight excluding hydrogens is 494 g/mol. The Kier molecular flexibility index (Phi) is 6.71. The predicted octanol–water partition coefficient (Wildman–Crippen LogP) is 2.79. The zero-order chi connectivity index (χ0) is 26.5. The number of ether oxygens (including phenoxy) is 1. The third kappa shape index (κ3) is 3.67. The number of carbonyl (C=O) groups excluding carboxylic acids is 3. The first-order chi connectivity index (χ1) is 17.8. The minimum atomic E-state index is -1.36. The average Bonchev–Trinajstić information content (AvgIpc) is 3.20. The van der Waals surface area contributed by atoms with E-state index in [9.17, 15) is 19.5 Å². The van der Waals surface area contributed by atoms with Gasteiger partial charge in [0.05, 0.1) is 40.8 Å². The van der Waals surface area contributed by atoms with Crippen LogP contribution in [0.25, 0.3) is 0 Å². The molecule has 1 spiro atoms. The molecule has 0 aromatic heterocycles. The number of amides is 3. The van der Waals surface area contributed by atoms with Crippen LogP contribution in [-0.2, 0) is 19.1 Å². The summed E-state index contributed by atoms with van der Waals surface area (Å²) < 4.78 is 6.91. The monoisotopic (exact) mass is 527 g/mol. The van der Waals surface area contributed by atoms with Gasteiger partial charge in [-0.1, -0.05) is 61.9 Å². The second-order valence-corrected chi connectivity index (χ2v) is 10.8. The molecule has 1 aromatic rings. The predicted molar refractivity (Wildman–Crippen MR) is 140 cm³/mol. The Morgan fingerprint density at radius 3 is 2.46 bits per heavy atom. The molecule has 4 heterocycles. The zero-order valence-corrected chi connectivity index (χ0v) is 22.2. The van der Waals surface area contributed by atoms with Gasteiger partial charge in [0, 0.05) is 19.6 Å². The summed E-state index contributed by atoms with van der Waals surface area (Å²) in [5, 5.41) is 10.5. The van der Waals surface area contributed by atoms with Crippen molar-refractivity contribution in [1.29, 1.82) is 0 Å². The number of rotatable bonds is 6. The summed E-state index contributed by atoms with van der Waals surface area (Å²) in [4.78, 5) is 47.4. The van der Waals surface area contributed by atoms with Crippen molar-refractivity contribution in [2.24, 2.45) is 11.8 Å². The van der Waals surface area contributed by atoms with Gasteiger partial charge >= 0.3 is 0 Å². The second kappa shape index (κ2) is 9.57. The maximum Gasteiger partial charge on any atom is 0.253 e. The number of para-hydroxylation sites is 1. The fourth-order valence-electron chi connectivity index (χ4n) is 6.67. The Bertz CT molecular complexity index is 1170. The van der Waals surface area contributed by atoms with Crippen LogP contribution in [0, 0.1) is 11.8 Å².